The van der Waals surface area contributed by atoms with Crippen LogP contribution in [0.1, 0.15) is 50.8 Å². The summed E-state index contributed by atoms with van der Waals surface area (Å²) in [4.78, 5) is 32.4. The van der Waals surface area contributed by atoms with E-state index in [0.29, 0.717) is 34.3 Å². The van der Waals surface area contributed by atoms with Crippen LogP contribution in [0.2, 0.25) is 0 Å². The van der Waals surface area contributed by atoms with Crippen molar-refractivity contribution in [2.75, 3.05) is 13.1 Å². The molecule has 0 bridgehead atoms. The van der Waals surface area contributed by atoms with Crippen LogP contribution in [0.3, 0.4) is 0 Å². The highest BCUT2D eigenvalue weighted by atomic mass is 32.1. The first-order chi connectivity index (χ1) is 12.4. The van der Waals surface area contributed by atoms with Gasteiger partial charge in [0.05, 0.1) is 0 Å². The average molecular weight is 369 g/mol. The standard InChI is InChI=1S/C20H23N3O2S/c1-6-22(7-2)19(25)18-14(5)23-16(11-24)17(21-20(23)26-18)15-9-8-12(3)10-13(15)4/h8-11H,6-7H2,1-5H3. The molecule has 0 saturated heterocycles. The molecule has 0 unspecified atom stereocenters. The van der Waals surface area contributed by atoms with Crippen molar-refractivity contribution in [2.24, 2.45) is 0 Å². The Morgan fingerprint density at radius 2 is 1.92 bits per heavy atom. The maximum atomic E-state index is 12.7. The number of thiazole rings is 1. The van der Waals surface area contributed by atoms with Gasteiger partial charge in [0, 0.05) is 24.3 Å². The van der Waals surface area contributed by atoms with E-state index < -0.39 is 0 Å². The topological polar surface area (TPSA) is 54.7 Å². The maximum absolute atomic E-state index is 12.7. The molecular weight excluding hydrogens is 346 g/mol. The minimum atomic E-state index is -0.00656. The fourth-order valence-corrected chi connectivity index (χ4v) is 4.41. The number of aromatic nitrogens is 2. The Labute approximate surface area is 157 Å². The van der Waals surface area contributed by atoms with Gasteiger partial charge in [-0.25, -0.2) is 4.98 Å². The number of amides is 1. The highest BCUT2D eigenvalue weighted by Crippen LogP contribution is 2.32. The van der Waals surface area contributed by atoms with Crippen LogP contribution in [0.15, 0.2) is 18.2 Å². The second-order valence-electron chi connectivity index (χ2n) is 6.39. The number of rotatable bonds is 5. The number of hydrogen-bond donors (Lipinski definition) is 0. The molecule has 26 heavy (non-hydrogen) atoms. The van der Waals surface area contributed by atoms with Gasteiger partial charge in [-0.2, -0.15) is 0 Å². The zero-order chi connectivity index (χ0) is 19.0. The first-order valence-corrected chi connectivity index (χ1v) is 9.58. The number of hydrogen-bond acceptors (Lipinski definition) is 4. The van der Waals surface area contributed by atoms with Gasteiger partial charge in [-0.3, -0.25) is 14.0 Å². The lowest BCUT2D eigenvalue weighted by atomic mass is 10.0. The highest BCUT2D eigenvalue weighted by Gasteiger charge is 2.25. The molecule has 0 N–H and O–H groups in total. The minimum Gasteiger partial charge on any atom is -0.338 e. The van der Waals surface area contributed by atoms with E-state index in [4.69, 9.17) is 4.98 Å². The quantitative estimate of drug-likeness (QED) is 0.631. The molecule has 0 aliphatic rings. The SMILES string of the molecule is CCN(CC)C(=O)c1sc2nc(-c3ccc(C)cc3C)c(C=O)n2c1C. The number of benzene rings is 1. The Kier molecular flexibility index (Phi) is 4.96. The molecule has 1 aromatic carbocycles. The molecule has 2 heterocycles. The van der Waals surface area contributed by atoms with Crippen LogP contribution in [0.4, 0.5) is 0 Å². The van der Waals surface area contributed by atoms with E-state index in [1.54, 1.807) is 4.90 Å². The number of aldehydes is 1. The summed E-state index contributed by atoms with van der Waals surface area (Å²) in [7, 11) is 0. The Balaban J connectivity index is 2.19. The fraction of sp³-hybridized carbons (Fsp3) is 0.350. The number of nitrogens with zero attached hydrogens (tertiary/aromatic N) is 3. The van der Waals surface area contributed by atoms with E-state index >= 15 is 0 Å². The number of fused-ring (bicyclic) bond motifs is 1. The first-order valence-electron chi connectivity index (χ1n) is 8.76. The molecule has 6 heteroatoms. The third-order valence-corrected chi connectivity index (χ3v) is 5.86. The summed E-state index contributed by atoms with van der Waals surface area (Å²) in [5.41, 5.74) is 5.14. The molecular formula is C20H23N3O2S. The summed E-state index contributed by atoms with van der Waals surface area (Å²) in [6, 6.07) is 6.10. The summed E-state index contributed by atoms with van der Waals surface area (Å²) < 4.78 is 1.81. The monoisotopic (exact) mass is 369 g/mol. The van der Waals surface area contributed by atoms with Crippen molar-refractivity contribution in [3.05, 3.63) is 45.6 Å². The summed E-state index contributed by atoms with van der Waals surface area (Å²) in [6.07, 6.45) is 0.833. The molecule has 0 aliphatic heterocycles. The van der Waals surface area contributed by atoms with Crippen molar-refractivity contribution >= 4 is 28.5 Å². The maximum Gasteiger partial charge on any atom is 0.265 e. The predicted octanol–water partition coefficient (Wildman–Crippen LogP) is 4.28. The molecule has 0 atom stereocenters. The molecule has 0 radical (unpaired) electrons. The highest BCUT2D eigenvalue weighted by molar-refractivity contribution is 7.19. The van der Waals surface area contributed by atoms with Crippen LogP contribution < -0.4 is 0 Å². The van der Waals surface area contributed by atoms with Crippen LogP contribution >= 0.6 is 11.3 Å². The van der Waals surface area contributed by atoms with Gasteiger partial charge in [0.25, 0.3) is 5.91 Å². The molecule has 3 aromatic rings. The van der Waals surface area contributed by atoms with Gasteiger partial charge in [-0.05, 0) is 40.2 Å². The van der Waals surface area contributed by atoms with Crippen LogP contribution in [-0.2, 0) is 0 Å². The molecule has 1 amide bonds. The number of aryl methyl sites for hydroxylation is 3. The van der Waals surface area contributed by atoms with Crippen LogP contribution in [0, 0.1) is 20.8 Å². The van der Waals surface area contributed by atoms with Crippen molar-refractivity contribution in [2.45, 2.75) is 34.6 Å². The van der Waals surface area contributed by atoms with Gasteiger partial charge in [0.15, 0.2) is 11.2 Å². The van der Waals surface area contributed by atoms with E-state index in [0.717, 1.165) is 23.1 Å². The van der Waals surface area contributed by atoms with Crippen LogP contribution in [0.25, 0.3) is 16.2 Å². The normalized spacial score (nSPS) is 11.1. The van der Waals surface area contributed by atoms with Crippen molar-refractivity contribution in [3.8, 4) is 11.3 Å². The summed E-state index contributed by atoms with van der Waals surface area (Å²) in [6.45, 7) is 11.2. The summed E-state index contributed by atoms with van der Waals surface area (Å²) in [5.74, 6) is -0.00656. The van der Waals surface area contributed by atoms with Crippen molar-refractivity contribution in [3.63, 3.8) is 0 Å². The lowest BCUT2D eigenvalue weighted by Crippen LogP contribution is -2.30. The van der Waals surface area contributed by atoms with Crippen LogP contribution in [-0.4, -0.2) is 39.6 Å². The Hall–Kier alpha value is -2.47. The summed E-state index contributed by atoms with van der Waals surface area (Å²) >= 11 is 1.35. The lowest BCUT2D eigenvalue weighted by molar-refractivity contribution is 0.0776. The largest absolute Gasteiger partial charge is 0.338 e. The molecule has 5 nitrogen and oxygen atoms in total. The Bertz CT molecular complexity index is 996. The van der Waals surface area contributed by atoms with E-state index in [1.165, 1.54) is 16.9 Å². The van der Waals surface area contributed by atoms with Crippen molar-refractivity contribution < 1.29 is 9.59 Å². The average Bonchev–Trinajstić information content (AvgIpc) is 3.12. The predicted molar refractivity (Wildman–Crippen MR) is 105 cm³/mol. The second-order valence-corrected chi connectivity index (χ2v) is 7.37. The molecule has 2 aromatic heterocycles. The first kappa shape index (κ1) is 18.3. The molecule has 0 spiro atoms. The third kappa shape index (κ3) is 2.84. The molecule has 3 rings (SSSR count). The third-order valence-electron chi connectivity index (χ3n) is 4.73. The van der Waals surface area contributed by atoms with Gasteiger partial charge in [-0.1, -0.05) is 35.1 Å². The van der Waals surface area contributed by atoms with E-state index in [9.17, 15) is 9.59 Å². The molecule has 0 fully saturated rings. The molecule has 0 aliphatic carbocycles. The van der Waals surface area contributed by atoms with Gasteiger partial charge in [-0.15, -0.1) is 0 Å². The van der Waals surface area contributed by atoms with Gasteiger partial charge in [0.2, 0.25) is 0 Å². The van der Waals surface area contributed by atoms with E-state index in [1.807, 2.05) is 51.2 Å². The zero-order valence-corrected chi connectivity index (χ0v) is 16.6. The van der Waals surface area contributed by atoms with Crippen molar-refractivity contribution in [1.82, 2.24) is 14.3 Å². The second kappa shape index (κ2) is 7.03. The van der Waals surface area contributed by atoms with Gasteiger partial charge < -0.3 is 4.90 Å². The number of carbonyl (C=O) groups excluding carboxylic acids is 2. The zero-order valence-electron chi connectivity index (χ0n) is 15.8. The van der Waals surface area contributed by atoms with Crippen LogP contribution in [0.5, 0.6) is 0 Å². The van der Waals surface area contributed by atoms with E-state index in [2.05, 4.69) is 6.07 Å². The van der Waals surface area contributed by atoms with E-state index in [-0.39, 0.29) is 5.91 Å². The summed E-state index contributed by atoms with van der Waals surface area (Å²) in [5, 5.41) is 0. The molecule has 0 saturated carbocycles. The van der Waals surface area contributed by atoms with Crippen molar-refractivity contribution in [1.29, 1.82) is 0 Å². The molecule has 136 valence electrons. The minimum absolute atomic E-state index is 0.00656. The number of carbonyl (C=O) groups is 2. The van der Waals surface area contributed by atoms with Gasteiger partial charge >= 0.3 is 0 Å². The lowest BCUT2D eigenvalue weighted by Gasteiger charge is -2.17. The Morgan fingerprint density at radius 3 is 2.50 bits per heavy atom. The Morgan fingerprint density at radius 1 is 1.23 bits per heavy atom. The van der Waals surface area contributed by atoms with Gasteiger partial charge in [0.1, 0.15) is 16.3 Å². The smallest absolute Gasteiger partial charge is 0.265 e. The number of imidazole rings is 1. The fourth-order valence-electron chi connectivity index (χ4n) is 3.31.